The molecule has 2 heteroatoms. The number of nitrogens with two attached hydrogens (primary N) is 1. The van der Waals surface area contributed by atoms with Crippen LogP contribution in [0.25, 0.3) is 0 Å². The monoisotopic (exact) mass is 125 g/mol. The van der Waals surface area contributed by atoms with Crippen LogP contribution in [-0.4, -0.2) is 5.91 Å². The largest absolute Gasteiger partial charge is 0.370 e. The lowest BCUT2D eigenvalue weighted by molar-refractivity contribution is -0.141. The van der Waals surface area contributed by atoms with E-state index in [1.165, 1.54) is 19.3 Å². The third-order valence-electron chi connectivity index (χ3n) is 2.71. The first-order valence-electron chi connectivity index (χ1n) is 3.49. The number of primary amides is 1. The number of hydrogen-bond acceptors (Lipinski definition) is 1. The average molecular weight is 125 g/mol. The molecule has 0 radical (unpaired) electrons. The standard InChI is InChI=1S/C7H11NO/c8-6(9)4-7-1-5(2-7)3-7/h5H,1-4H2,(H2,8,9). The molecule has 3 aliphatic carbocycles. The fourth-order valence-corrected chi connectivity index (χ4v) is 2.24. The summed E-state index contributed by atoms with van der Waals surface area (Å²) in [6.45, 7) is 0. The molecule has 0 spiro atoms. The highest BCUT2D eigenvalue weighted by molar-refractivity contribution is 5.75. The topological polar surface area (TPSA) is 43.1 Å². The third-order valence-corrected chi connectivity index (χ3v) is 2.71. The Balaban J connectivity index is 1.92. The zero-order valence-electron chi connectivity index (χ0n) is 5.39. The zero-order chi connectivity index (χ0) is 6.48. The van der Waals surface area contributed by atoms with Crippen molar-refractivity contribution < 1.29 is 4.79 Å². The van der Waals surface area contributed by atoms with Gasteiger partial charge >= 0.3 is 0 Å². The summed E-state index contributed by atoms with van der Waals surface area (Å²) in [5.41, 5.74) is 5.49. The first-order valence-corrected chi connectivity index (χ1v) is 3.49. The summed E-state index contributed by atoms with van der Waals surface area (Å²) in [6, 6.07) is 0. The Kier molecular flexibility index (Phi) is 0.765. The lowest BCUT2D eigenvalue weighted by atomic mass is 9.43. The highest BCUT2D eigenvalue weighted by Gasteiger charge is 2.56. The van der Waals surface area contributed by atoms with Crippen molar-refractivity contribution in [2.75, 3.05) is 0 Å². The summed E-state index contributed by atoms with van der Waals surface area (Å²) in [5, 5.41) is 0. The Bertz CT molecular complexity index is 147. The third kappa shape index (κ3) is 0.590. The van der Waals surface area contributed by atoms with Crippen molar-refractivity contribution in [1.29, 1.82) is 0 Å². The van der Waals surface area contributed by atoms with Crippen LogP contribution >= 0.6 is 0 Å². The Morgan fingerprint density at radius 1 is 1.56 bits per heavy atom. The fraction of sp³-hybridized carbons (Fsp3) is 0.857. The van der Waals surface area contributed by atoms with Gasteiger partial charge in [0.15, 0.2) is 0 Å². The summed E-state index contributed by atoms with van der Waals surface area (Å²) in [5.74, 6) is 0.845. The van der Waals surface area contributed by atoms with Crippen molar-refractivity contribution >= 4 is 5.91 Å². The predicted octanol–water partition coefficient (Wildman–Crippen LogP) is 0.662. The van der Waals surface area contributed by atoms with Gasteiger partial charge in [-0.05, 0) is 30.6 Å². The van der Waals surface area contributed by atoms with Gasteiger partial charge < -0.3 is 5.73 Å². The number of amides is 1. The Morgan fingerprint density at radius 2 is 2.11 bits per heavy atom. The smallest absolute Gasteiger partial charge is 0.217 e. The summed E-state index contributed by atoms with van der Waals surface area (Å²) in [7, 11) is 0. The van der Waals surface area contributed by atoms with Crippen molar-refractivity contribution in [3.05, 3.63) is 0 Å². The van der Waals surface area contributed by atoms with Crippen LogP contribution in [0.2, 0.25) is 0 Å². The average Bonchev–Trinajstić information content (AvgIpc) is 1.50. The normalized spacial score (nSPS) is 45.1. The molecular formula is C7H11NO. The second-order valence-electron chi connectivity index (χ2n) is 3.62. The molecule has 2 nitrogen and oxygen atoms in total. The van der Waals surface area contributed by atoms with Gasteiger partial charge in [0.2, 0.25) is 5.91 Å². The van der Waals surface area contributed by atoms with Gasteiger partial charge in [-0.15, -0.1) is 0 Å². The van der Waals surface area contributed by atoms with Crippen LogP contribution in [0.1, 0.15) is 25.7 Å². The van der Waals surface area contributed by atoms with E-state index in [1.807, 2.05) is 0 Å². The maximum atomic E-state index is 10.5. The second kappa shape index (κ2) is 1.31. The van der Waals surface area contributed by atoms with E-state index in [-0.39, 0.29) is 5.91 Å². The molecule has 0 saturated heterocycles. The van der Waals surface area contributed by atoms with Gasteiger partial charge in [0, 0.05) is 6.42 Å². The molecule has 9 heavy (non-hydrogen) atoms. The summed E-state index contributed by atoms with van der Waals surface area (Å²) >= 11 is 0. The molecule has 50 valence electrons. The lowest BCUT2D eigenvalue weighted by Gasteiger charge is -2.61. The molecule has 0 heterocycles. The first-order chi connectivity index (χ1) is 4.20. The van der Waals surface area contributed by atoms with Crippen LogP contribution in [0.5, 0.6) is 0 Å². The van der Waals surface area contributed by atoms with Gasteiger partial charge in [-0.3, -0.25) is 4.79 Å². The molecule has 3 fully saturated rings. The van der Waals surface area contributed by atoms with E-state index < -0.39 is 0 Å². The Labute approximate surface area is 54.4 Å². The molecule has 0 aromatic rings. The molecule has 2 N–H and O–H groups in total. The van der Waals surface area contributed by atoms with E-state index in [0.717, 1.165) is 5.92 Å². The molecular weight excluding hydrogens is 114 g/mol. The minimum Gasteiger partial charge on any atom is -0.370 e. The number of rotatable bonds is 2. The molecule has 0 unspecified atom stereocenters. The Morgan fingerprint density at radius 3 is 2.22 bits per heavy atom. The highest BCUT2D eigenvalue weighted by atomic mass is 16.1. The second-order valence-corrected chi connectivity index (χ2v) is 3.62. The van der Waals surface area contributed by atoms with E-state index in [0.29, 0.717) is 11.8 Å². The van der Waals surface area contributed by atoms with Crippen LogP contribution in [0, 0.1) is 11.3 Å². The van der Waals surface area contributed by atoms with Crippen LogP contribution in [-0.2, 0) is 4.79 Å². The van der Waals surface area contributed by atoms with E-state index in [9.17, 15) is 4.79 Å². The molecule has 3 aliphatic rings. The molecule has 0 aromatic carbocycles. The molecule has 0 aliphatic heterocycles. The molecule has 2 bridgehead atoms. The van der Waals surface area contributed by atoms with Crippen molar-refractivity contribution in [2.24, 2.45) is 17.1 Å². The summed E-state index contributed by atoms with van der Waals surface area (Å²) < 4.78 is 0. The van der Waals surface area contributed by atoms with Crippen LogP contribution in [0.4, 0.5) is 0 Å². The minimum absolute atomic E-state index is 0.117. The van der Waals surface area contributed by atoms with Crippen LogP contribution < -0.4 is 5.73 Å². The quantitative estimate of drug-likeness (QED) is 0.579. The summed E-state index contributed by atoms with van der Waals surface area (Å²) in [6.07, 6.45) is 4.46. The molecule has 3 rings (SSSR count). The van der Waals surface area contributed by atoms with Crippen molar-refractivity contribution in [3.63, 3.8) is 0 Å². The van der Waals surface area contributed by atoms with Gasteiger partial charge in [0.05, 0.1) is 0 Å². The Hall–Kier alpha value is -0.530. The SMILES string of the molecule is NC(=O)CC12CC(C1)C2. The van der Waals surface area contributed by atoms with Crippen LogP contribution in [0.15, 0.2) is 0 Å². The maximum Gasteiger partial charge on any atom is 0.217 e. The van der Waals surface area contributed by atoms with Crippen molar-refractivity contribution in [3.8, 4) is 0 Å². The molecule has 0 atom stereocenters. The van der Waals surface area contributed by atoms with Gasteiger partial charge in [0.1, 0.15) is 0 Å². The van der Waals surface area contributed by atoms with E-state index in [2.05, 4.69) is 0 Å². The predicted molar refractivity (Wildman–Crippen MR) is 33.6 cm³/mol. The molecule has 3 saturated carbocycles. The number of hydrogen-bond donors (Lipinski definition) is 1. The maximum absolute atomic E-state index is 10.5. The number of carbonyl (C=O) groups is 1. The van der Waals surface area contributed by atoms with E-state index in [1.54, 1.807) is 0 Å². The van der Waals surface area contributed by atoms with Crippen molar-refractivity contribution in [2.45, 2.75) is 25.7 Å². The van der Waals surface area contributed by atoms with Crippen molar-refractivity contribution in [1.82, 2.24) is 0 Å². The highest BCUT2D eigenvalue weighted by Crippen LogP contribution is 2.66. The van der Waals surface area contributed by atoms with Gasteiger partial charge in [-0.2, -0.15) is 0 Å². The van der Waals surface area contributed by atoms with E-state index >= 15 is 0 Å². The molecule has 0 aromatic heterocycles. The van der Waals surface area contributed by atoms with E-state index in [4.69, 9.17) is 5.73 Å². The minimum atomic E-state index is -0.117. The van der Waals surface area contributed by atoms with Gasteiger partial charge in [0.25, 0.3) is 0 Å². The van der Waals surface area contributed by atoms with Gasteiger partial charge in [-0.25, -0.2) is 0 Å². The zero-order valence-corrected chi connectivity index (χ0v) is 5.39. The number of carbonyl (C=O) groups excluding carboxylic acids is 1. The fourth-order valence-electron chi connectivity index (χ4n) is 2.24. The summed E-state index contributed by atoms with van der Waals surface area (Å²) in [4.78, 5) is 10.5. The van der Waals surface area contributed by atoms with Crippen LogP contribution in [0.3, 0.4) is 0 Å². The van der Waals surface area contributed by atoms with Gasteiger partial charge in [-0.1, -0.05) is 0 Å². The first kappa shape index (κ1) is 5.27. The molecule has 1 amide bonds. The lowest BCUT2D eigenvalue weighted by Crippen LogP contribution is -2.53.